The van der Waals surface area contributed by atoms with E-state index in [0.29, 0.717) is 32.5 Å². The van der Waals surface area contributed by atoms with E-state index in [1.54, 1.807) is 0 Å². The van der Waals surface area contributed by atoms with Gasteiger partial charge in [-0.1, -0.05) is 45.0 Å². The molecule has 0 spiro atoms. The minimum absolute atomic E-state index is 0.0516. The first-order valence-corrected chi connectivity index (χ1v) is 11.9. The number of nitrogens with zero attached hydrogens (tertiary/aromatic N) is 2. The Morgan fingerprint density at radius 3 is 2.61 bits per heavy atom. The standard InChI is InChI=1S/C25H37N3O3/c1-4-9-23(29)26-15-19-10-8-13-27(16-19)25(31)22-14-20-11-6-7-12-21(20)17-28(22)24(30)18(3)5-2/h6-7,11-12,18-19,22H,4-5,8-10,13-17H2,1-3H3,(H,26,29). The van der Waals surface area contributed by atoms with Gasteiger partial charge < -0.3 is 15.1 Å². The molecule has 1 fully saturated rings. The van der Waals surface area contributed by atoms with E-state index in [4.69, 9.17) is 0 Å². The van der Waals surface area contributed by atoms with Gasteiger partial charge in [0, 0.05) is 44.9 Å². The van der Waals surface area contributed by atoms with E-state index >= 15 is 0 Å². The van der Waals surface area contributed by atoms with E-state index in [-0.39, 0.29) is 29.6 Å². The normalized spacial score (nSPS) is 21.9. The smallest absolute Gasteiger partial charge is 0.245 e. The lowest BCUT2D eigenvalue weighted by Gasteiger charge is -2.41. The Bertz CT molecular complexity index is 794. The van der Waals surface area contributed by atoms with Crippen LogP contribution in [0.5, 0.6) is 0 Å². The van der Waals surface area contributed by atoms with Gasteiger partial charge in [-0.3, -0.25) is 14.4 Å². The fraction of sp³-hybridized carbons (Fsp3) is 0.640. The van der Waals surface area contributed by atoms with Crippen LogP contribution in [0.4, 0.5) is 0 Å². The van der Waals surface area contributed by atoms with Crippen LogP contribution in [-0.2, 0) is 27.3 Å². The molecule has 2 aliphatic rings. The number of hydrogen-bond acceptors (Lipinski definition) is 3. The first-order valence-electron chi connectivity index (χ1n) is 11.9. The first-order chi connectivity index (χ1) is 14.9. The van der Waals surface area contributed by atoms with E-state index in [0.717, 1.165) is 43.4 Å². The van der Waals surface area contributed by atoms with Gasteiger partial charge in [-0.2, -0.15) is 0 Å². The highest BCUT2D eigenvalue weighted by Crippen LogP contribution is 2.28. The first kappa shape index (κ1) is 23.3. The molecule has 3 amide bonds. The zero-order chi connectivity index (χ0) is 22.4. The van der Waals surface area contributed by atoms with Gasteiger partial charge in [-0.25, -0.2) is 0 Å². The lowest BCUT2D eigenvalue weighted by atomic mass is 9.90. The Morgan fingerprint density at radius 2 is 1.90 bits per heavy atom. The van der Waals surface area contributed by atoms with Crippen LogP contribution >= 0.6 is 0 Å². The zero-order valence-corrected chi connectivity index (χ0v) is 19.2. The Morgan fingerprint density at radius 1 is 1.16 bits per heavy atom. The molecule has 0 bridgehead atoms. The number of benzene rings is 1. The van der Waals surface area contributed by atoms with Crippen LogP contribution in [0.25, 0.3) is 0 Å². The van der Waals surface area contributed by atoms with Gasteiger partial charge in [0.05, 0.1) is 0 Å². The van der Waals surface area contributed by atoms with Crippen molar-refractivity contribution in [2.45, 2.75) is 71.9 Å². The van der Waals surface area contributed by atoms with Crippen LogP contribution in [0.3, 0.4) is 0 Å². The molecule has 6 heteroatoms. The fourth-order valence-electron chi connectivity index (χ4n) is 4.65. The van der Waals surface area contributed by atoms with Crippen LogP contribution in [0.1, 0.15) is 64.0 Å². The maximum Gasteiger partial charge on any atom is 0.245 e. The van der Waals surface area contributed by atoms with Crippen molar-refractivity contribution in [3.05, 3.63) is 35.4 Å². The lowest BCUT2D eigenvalue weighted by molar-refractivity contribution is -0.150. The van der Waals surface area contributed by atoms with Gasteiger partial charge in [-0.05, 0) is 42.7 Å². The Balaban J connectivity index is 1.72. The molecule has 1 N–H and O–H groups in total. The summed E-state index contributed by atoms with van der Waals surface area (Å²) in [6.45, 7) is 8.44. The van der Waals surface area contributed by atoms with Crippen molar-refractivity contribution in [1.82, 2.24) is 15.1 Å². The summed E-state index contributed by atoms with van der Waals surface area (Å²) in [5.74, 6) is 0.378. The molecule has 3 atom stereocenters. The van der Waals surface area contributed by atoms with Crippen molar-refractivity contribution in [2.75, 3.05) is 19.6 Å². The third kappa shape index (κ3) is 5.66. The molecular weight excluding hydrogens is 390 g/mol. The average molecular weight is 428 g/mol. The third-order valence-corrected chi connectivity index (χ3v) is 6.75. The number of hydrogen-bond donors (Lipinski definition) is 1. The Labute approximate surface area is 186 Å². The number of amides is 3. The summed E-state index contributed by atoms with van der Waals surface area (Å²) in [5.41, 5.74) is 2.30. The second-order valence-corrected chi connectivity index (χ2v) is 9.11. The van der Waals surface area contributed by atoms with Crippen molar-refractivity contribution in [2.24, 2.45) is 11.8 Å². The summed E-state index contributed by atoms with van der Waals surface area (Å²) >= 11 is 0. The monoisotopic (exact) mass is 427 g/mol. The SMILES string of the molecule is CCCC(=O)NCC1CCCN(C(=O)C2Cc3ccccc3CN2C(=O)C(C)CC)C1. The van der Waals surface area contributed by atoms with E-state index < -0.39 is 6.04 Å². The number of likely N-dealkylation sites (tertiary alicyclic amines) is 1. The maximum absolute atomic E-state index is 13.6. The van der Waals surface area contributed by atoms with Crippen LogP contribution < -0.4 is 5.32 Å². The molecule has 0 radical (unpaired) electrons. The summed E-state index contributed by atoms with van der Waals surface area (Å²) in [7, 11) is 0. The summed E-state index contributed by atoms with van der Waals surface area (Å²) < 4.78 is 0. The molecule has 170 valence electrons. The van der Waals surface area contributed by atoms with Crippen molar-refractivity contribution in [3.8, 4) is 0 Å². The number of nitrogens with one attached hydrogen (secondary N) is 1. The highest BCUT2D eigenvalue weighted by Gasteiger charge is 2.39. The molecule has 1 saturated heterocycles. The molecule has 6 nitrogen and oxygen atoms in total. The zero-order valence-electron chi connectivity index (χ0n) is 19.2. The molecule has 3 unspecified atom stereocenters. The number of piperidine rings is 1. The molecular formula is C25H37N3O3. The largest absolute Gasteiger partial charge is 0.356 e. The maximum atomic E-state index is 13.6. The highest BCUT2D eigenvalue weighted by molar-refractivity contribution is 5.89. The van der Waals surface area contributed by atoms with Gasteiger partial charge in [0.1, 0.15) is 6.04 Å². The Kier molecular flexibility index (Phi) is 8.10. The number of fused-ring (bicyclic) bond motifs is 1. The quantitative estimate of drug-likeness (QED) is 0.727. The second kappa shape index (κ2) is 10.8. The molecule has 1 aromatic carbocycles. The lowest BCUT2D eigenvalue weighted by Crippen LogP contribution is -2.56. The molecule has 31 heavy (non-hydrogen) atoms. The van der Waals surface area contributed by atoms with E-state index in [1.807, 2.05) is 42.7 Å². The molecule has 0 saturated carbocycles. The third-order valence-electron chi connectivity index (χ3n) is 6.75. The van der Waals surface area contributed by atoms with Gasteiger partial charge in [0.25, 0.3) is 0 Å². The second-order valence-electron chi connectivity index (χ2n) is 9.11. The Hall–Kier alpha value is -2.37. The molecule has 3 rings (SSSR count). The van der Waals surface area contributed by atoms with E-state index in [9.17, 15) is 14.4 Å². The summed E-state index contributed by atoms with van der Waals surface area (Å²) in [4.78, 5) is 42.3. The van der Waals surface area contributed by atoms with Crippen molar-refractivity contribution in [1.29, 1.82) is 0 Å². The van der Waals surface area contributed by atoms with E-state index in [1.165, 1.54) is 0 Å². The topological polar surface area (TPSA) is 69.7 Å². The minimum atomic E-state index is -0.440. The van der Waals surface area contributed by atoms with Gasteiger partial charge in [0.2, 0.25) is 17.7 Å². The summed E-state index contributed by atoms with van der Waals surface area (Å²) in [5, 5.41) is 3.01. The van der Waals surface area contributed by atoms with Crippen LogP contribution in [0.15, 0.2) is 24.3 Å². The molecule has 2 heterocycles. The van der Waals surface area contributed by atoms with E-state index in [2.05, 4.69) is 17.4 Å². The number of rotatable bonds is 7. The summed E-state index contributed by atoms with van der Waals surface area (Å²) in [6.07, 6.45) is 4.67. The molecule has 0 aliphatic carbocycles. The molecule has 0 aromatic heterocycles. The van der Waals surface area contributed by atoms with Gasteiger partial charge in [-0.15, -0.1) is 0 Å². The van der Waals surface area contributed by atoms with Gasteiger partial charge in [0.15, 0.2) is 0 Å². The van der Waals surface area contributed by atoms with Crippen molar-refractivity contribution < 1.29 is 14.4 Å². The van der Waals surface area contributed by atoms with Crippen LogP contribution in [0.2, 0.25) is 0 Å². The van der Waals surface area contributed by atoms with Gasteiger partial charge >= 0.3 is 0 Å². The predicted molar refractivity (Wildman–Crippen MR) is 121 cm³/mol. The fourth-order valence-corrected chi connectivity index (χ4v) is 4.65. The van der Waals surface area contributed by atoms with Crippen LogP contribution in [0, 0.1) is 11.8 Å². The van der Waals surface area contributed by atoms with Crippen LogP contribution in [-0.4, -0.2) is 53.2 Å². The average Bonchev–Trinajstić information content (AvgIpc) is 2.80. The number of carbonyl (C=O) groups excluding carboxylic acids is 3. The molecule has 1 aromatic rings. The predicted octanol–water partition coefficient (Wildman–Crippen LogP) is 3.14. The molecule has 2 aliphatic heterocycles. The summed E-state index contributed by atoms with van der Waals surface area (Å²) in [6, 6.07) is 7.69. The number of carbonyl (C=O) groups is 3. The van der Waals surface area contributed by atoms with Crippen molar-refractivity contribution >= 4 is 17.7 Å². The minimum Gasteiger partial charge on any atom is -0.356 e. The van der Waals surface area contributed by atoms with Crippen molar-refractivity contribution in [3.63, 3.8) is 0 Å². The highest BCUT2D eigenvalue weighted by atomic mass is 16.2.